The first kappa shape index (κ1) is 16.1. The second kappa shape index (κ2) is 6.41. The first-order chi connectivity index (χ1) is 11.5. The average molecular weight is 326 g/mol. The predicted octanol–water partition coefficient (Wildman–Crippen LogP) is 3.15. The minimum Gasteiger partial charge on any atom is -0.388 e. The number of nitrogens with zero attached hydrogens (tertiary/aromatic N) is 1. The molecule has 24 heavy (non-hydrogen) atoms. The van der Waals surface area contributed by atoms with Crippen molar-refractivity contribution in [3.63, 3.8) is 0 Å². The van der Waals surface area contributed by atoms with Gasteiger partial charge in [-0.25, -0.2) is 0 Å². The third kappa shape index (κ3) is 3.28. The zero-order valence-electron chi connectivity index (χ0n) is 13.1. The van der Waals surface area contributed by atoms with E-state index in [0.29, 0.717) is 24.1 Å². The van der Waals surface area contributed by atoms with Crippen molar-refractivity contribution < 1.29 is 14.8 Å². The minimum atomic E-state index is -0.785. The van der Waals surface area contributed by atoms with Crippen molar-refractivity contribution in [3.8, 4) is 0 Å². The van der Waals surface area contributed by atoms with E-state index < -0.39 is 10.5 Å². The van der Waals surface area contributed by atoms with Crippen molar-refractivity contribution in [1.29, 1.82) is 0 Å². The molecule has 0 aromatic heterocycles. The summed E-state index contributed by atoms with van der Waals surface area (Å²) in [6, 6.07) is 13.0. The number of carbonyl (C=O) groups excluding carboxylic acids is 1. The number of nitro benzene ring substituents is 1. The fraction of sp³-hybridized carbons (Fsp3) is 0.278. The standard InChI is InChI=1S/C18H18N2O4/c21-17(13-5-2-1-3-6-13)14-7-8-15(16(11-14)20(23)24)19-12-18(22)9-4-10-18/h1-3,5-8,11,19,22H,4,9-10,12H2. The average Bonchev–Trinajstić information content (AvgIpc) is 2.58. The van der Waals surface area contributed by atoms with Crippen molar-refractivity contribution in [2.24, 2.45) is 0 Å². The molecule has 0 saturated heterocycles. The second-order valence-electron chi connectivity index (χ2n) is 6.12. The maximum absolute atomic E-state index is 12.4. The number of carbonyl (C=O) groups is 1. The van der Waals surface area contributed by atoms with Gasteiger partial charge in [0, 0.05) is 23.7 Å². The van der Waals surface area contributed by atoms with Crippen molar-refractivity contribution in [1.82, 2.24) is 0 Å². The van der Waals surface area contributed by atoms with Gasteiger partial charge >= 0.3 is 0 Å². The monoisotopic (exact) mass is 326 g/mol. The summed E-state index contributed by atoms with van der Waals surface area (Å²) in [5.41, 5.74) is 0.105. The lowest BCUT2D eigenvalue weighted by Crippen LogP contribution is -2.43. The van der Waals surface area contributed by atoms with Crippen molar-refractivity contribution in [2.45, 2.75) is 24.9 Å². The Morgan fingerprint density at radius 1 is 1.17 bits per heavy atom. The summed E-state index contributed by atoms with van der Waals surface area (Å²) in [5.74, 6) is -0.261. The zero-order valence-corrected chi connectivity index (χ0v) is 13.1. The Balaban J connectivity index is 1.84. The molecular formula is C18H18N2O4. The van der Waals surface area contributed by atoms with Crippen LogP contribution in [0.1, 0.15) is 35.2 Å². The van der Waals surface area contributed by atoms with Crippen LogP contribution in [0.15, 0.2) is 48.5 Å². The molecule has 0 unspecified atom stereocenters. The Labute approximate surface area is 139 Å². The van der Waals surface area contributed by atoms with Gasteiger partial charge in [0.2, 0.25) is 0 Å². The minimum absolute atomic E-state index is 0.167. The van der Waals surface area contributed by atoms with E-state index in [0.717, 1.165) is 6.42 Å². The normalized spacial score (nSPS) is 15.4. The van der Waals surface area contributed by atoms with Crippen LogP contribution in [-0.4, -0.2) is 28.0 Å². The summed E-state index contributed by atoms with van der Waals surface area (Å²) in [5, 5.41) is 24.4. The smallest absolute Gasteiger partial charge is 0.293 e. The lowest BCUT2D eigenvalue weighted by atomic mass is 9.80. The van der Waals surface area contributed by atoms with Crippen LogP contribution in [0.4, 0.5) is 11.4 Å². The number of nitro groups is 1. The van der Waals surface area contributed by atoms with Gasteiger partial charge in [0.15, 0.2) is 5.78 Å². The Kier molecular flexibility index (Phi) is 4.31. The van der Waals surface area contributed by atoms with Gasteiger partial charge in [-0.3, -0.25) is 14.9 Å². The molecule has 1 aliphatic carbocycles. The van der Waals surface area contributed by atoms with Crippen LogP contribution in [0.2, 0.25) is 0 Å². The first-order valence-electron chi connectivity index (χ1n) is 7.83. The molecule has 0 amide bonds. The van der Waals surface area contributed by atoms with Crippen LogP contribution in [-0.2, 0) is 0 Å². The molecule has 1 saturated carbocycles. The number of aliphatic hydroxyl groups is 1. The molecule has 2 N–H and O–H groups in total. The molecule has 2 aromatic rings. The van der Waals surface area contributed by atoms with E-state index in [1.807, 2.05) is 0 Å². The van der Waals surface area contributed by atoms with Gasteiger partial charge in [0.1, 0.15) is 5.69 Å². The summed E-state index contributed by atoms with van der Waals surface area (Å²) in [4.78, 5) is 23.2. The number of ketones is 1. The molecule has 1 fully saturated rings. The van der Waals surface area contributed by atoms with Gasteiger partial charge in [0.05, 0.1) is 10.5 Å². The molecule has 124 valence electrons. The van der Waals surface area contributed by atoms with E-state index in [1.54, 1.807) is 36.4 Å². The van der Waals surface area contributed by atoms with E-state index >= 15 is 0 Å². The number of nitrogens with one attached hydrogen (secondary N) is 1. The van der Waals surface area contributed by atoms with Crippen molar-refractivity contribution >= 4 is 17.2 Å². The highest BCUT2D eigenvalue weighted by Crippen LogP contribution is 2.33. The van der Waals surface area contributed by atoms with Gasteiger partial charge in [-0.1, -0.05) is 30.3 Å². The molecule has 3 rings (SSSR count). The van der Waals surface area contributed by atoms with Crippen LogP contribution in [0.3, 0.4) is 0 Å². The highest BCUT2D eigenvalue weighted by atomic mass is 16.6. The van der Waals surface area contributed by atoms with E-state index in [1.165, 1.54) is 12.1 Å². The number of hydrogen-bond donors (Lipinski definition) is 2. The summed E-state index contributed by atoms with van der Waals surface area (Å²) >= 11 is 0. The summed E-state index contributed by atoms with van der Waals surface area (Å²) < 4.78 is 0. The van der Waals surface area contributed by atoms with Crippen LogP contribution in [0.25, 0.3) is 0 Å². The summed E-state index contributed by atoms with van der Waals surface area (Å²) in [7, 11) is 0. The highest BCUT2D eigenvalue weighted by molar-refractivity contribution is 6.09. The lowest BCUT2D eigenvalue weighted by Gasteiger charge is -2.36. The third-order valence-corrected chi connectivity index (χ3v) is 4.38. The SMILES string of the molecule is O=C(c1ccccc1)c1ccc(NCC2(O)CCC2)c([N+](=O)[O-])c1. The van der Waals surface area contributed by atoms with Crippen molar-refractivity contribution in [3.05, 3.63) is 69.8 Å². The Morgan fingerprint density at radius 2 is 1.88 bits per heavy atom. The predicted molar refractivity (Wildman–Crippen MR) is 90.3 cm³/mol. The fourth-order valence-corrected chi connectivity index (χ4v) is 2.75. The van der Waals surface area contributed by atoms with Gasteiger partial charge in [-0.15, -0.1) is 0 Å². The number of rotatable bonds is 6. The lowest BCUT2D eigenvalue weighted by molar-refractivity contribution is -0.384. The summed E-state index contributed by atoms with van der Waals surface area (Å²) in [6.45, 7) is 0.264. The van der Waals surface area contributed by atoms with Gasteiger partial charge in [-0.2, -0.15) is 0 Å². The van der Waals surface area contributed by atoms with Gasteiger partial charge in [-0.05, 0) is 31.4 Å². The molecule has 0 aliphatic heterocycles. The Hall–Kier alpha value is -2.73. The maximum atomic E-state index is 12.4. The number of benzene rings is 2. The molecule has 2 aromatic carbocycles. The molecule has 6 nitrogen and oxygen atoms in total. The van der Waals surface area contributed by atoms with Gasteiger partial charge in [0.25, 0.3) is 5.69 Å². The third-order valence-electron chi connectivity index (χ3n) is 4.38. The van der Waals surface area contributed by atoms with Crippen LogP contribution in [0, 0.1) is 10.1 Å². The van der Waals surface area contributed by atoms with Crippen LogP contribution < -0.4 is 5.32 Å². The van der Waals surface area contributed by atoms with Gasteiger partial charge < -0.3 is 10.4 Å². The highest BCUT2D eigenvalue weighted by Gasteiger charge is 2.34. The van der Waals surface area contributed by atoms with Crippen molar-refractivity contribution in [2.75, 3.05) is 11.9 Å². The molecule has 6 heteroatoms. The van der Waals surface area contributed by atoms with E-state index in [4.69, 9.17) is 0 Å². The molecule has 1 aliphatic rings. The van der Waals surface area contributed by atoms with E-state index in [-0.39, 0.29) is 23.6 Å². The number of anilines is 1. The molecular weight excluding hydrogens is 308 g/mol. The zero-order chi connectivity index (χ0) is 17.2. The topological polar surface area (TPSA) is 92.5 Å². The maximum Gasteiger partial charge on any atom is 0.293 e. The summed E-state index contributed by atoms with van der Waals surface area (Å²) in [6.07, 6.45) is 2.35. The molecule has 0 heterocycles. The van der Waals surface area contributed by atoms with E-state index in [9.17, 15) is 20.0 Å². The fourth-order valence-electron chi connectivity index (χ4n) is 2.75. The number of hydrogen-bond acceptors (Lipinski definition) is 5. The molecule has 0 radical (unpaired) electrons. The van der Waals surface area contributed by atoms with E-state index in [2.05, 4.69) is 5.32 Å². The molecule has 0 bridgehead atoms. The molecule has 0 atom stereocenters. The first-order valence-corrected chi connectivity index (χ1v) is 7.83. The van der Waals surface area contributed by atoms with Crippen LogP contribution >= 0.6 is 0 Å². The Bertz CT molecular complexity index is 770. The quantitative estimate of drug-likeness (QED) is 0.483. The second-order valence-corrected chi connectivity index (χ2v) is 6.12. The molecule has 0 spiro atoms. The Morgan fingerprint density at radius 3 is 2.46 bits per heavy atom. The van der Waals surface area contributed by atoms with Crippen LogP contribution in [0.5, 0.6) is 0 Å². The largest absolute Gasteiger partial charge is 0.388 e.